The third-order valence-electron chi connectivity index (χ3n) is 4.24. The summed E-state index contributed by atoms with van der Waals surface area (Å²) >= 11 is 0. The van der Waals surface area contributed by atoms with Crippen LogP contribution in [0.2, 0.25) is 0 Å². The topological polar surface area (TPSA) is 61.8 Å². The molecule has 3 unspecified atom stereocenters. The van der Waals surface area contributed by atoms with Crippen molar-refractivity contribution in [1.29, 1.82) is 0 Å². The number of hydrogen-bond donors (Lipinski definition) is 2. The predicted octanol–water partition coefficient (Wildman–Crippen LogP) is 0.374. The highest BCUT2D eigenvalue weighted by molar-refractivity contribution is 5.83. The van der Waals surface area contributed by atoms with Crippen LogP contribution >= 0.6 is 0 Å². The second-order valence-electron chi connectivity index (χ2n) is 5.92. The zero-order valence-corrected chi connectivity index (χ0v) is 12.0. The number of morpholine rings is 1. The van der Waals surface area contributed by atoms with Crippen LogP contribution in [0.1, 0.15) is 33.1 Å². The lowest BCUT2D eigenvalue weighted by molar-refractivity contribution is -0.156. The van der Waals surface area contributed by atoms with E-state index in [4.69, 9.17) is 4.74 Å². The molecule has 2 fully saturated rings. The van der Waals surface area contributed by atoms with E-state index in [1.807, 2.05) is 11.8 Å². The van der Waals surface area contributed by atoms with Crippen molar-refractivity contribution < 1.29 is 14.6 Å². The molecule has 2 aliphatic rings. The van der Waals surface area contributed by atoms with Crippen LogP contribution in [0.3, 0.4) is 0 Å². The SMILES string of the molecule is CCCC1(C(=O)N2CC(C)OC(CO)C2)CCNC1. The van der Waals surface area contributed by atoms with E-state index in [0.29, 0.717) is 13.1 Å². The molecular formula is C14H26N2O3. The highest BCUT2D eigenvalue weighted by atomic mass is 16.5. The van der Waals surface area contributed by atoms with Crippen molar-refractivity contribution >= 4 is 5.91 Å². The lowest BCUT2D eigenvalue weighted by Gasteiger charge is -2.40. The molecule has 0 aromatic carbocycles. The Morgan fingerprint density at radius 2 is 2.32 bits per heavy atom. The van der Waals surface area contributed by atoms with Gasteiger partial charge in [0.2, 0.25) is 5.91 Å². The molecule has 110 valence electrons. The minimum Gasteiger partial charge on any atom is -0.394 e. The number of aliphatic hydroxyl groups excluding tert-OH is 1. The molecule has 0 aromatic heterocycles. The smallest absolute Gasteiger partial charge is 0.230 e. The summed E-state index contributed by atoms with van der Waals surface area (Å²) in [7, 11) is 0. The minimum atomic E-state index is -0.235. The Balaban J connectivity index is 2.08. The van der Waals surface area contributed by atoms with Crippen LogP contribution in [0, 0.1) is 5.41 Å². The molecule has 2 aliphatic heterocycles. The normalized spacial score (nSPS) is 35.6. The average molecular weight is 270 g/mol. The van der Waals surface area contributed by atoms with Crippen LogP contribution in [-0.2, 0) is 9.53 Å². The number of carbonyl (C=O) groups excluding carboxylic acids is 1. The van der Waals surface area contributed by atoms with Gasteiger partial charge in [0.25, 0.3) is 0 Å². The van der Waals surface area contributed by atoms with E-state index in [0.717, 1.165) is 32.4 Å². The van der Waals surface area contributed by atoms with Crippen LogP contribution in [0.25, 0.3) is 0 Å². The van der Waals surface area contributed by atoms with Gasteiger partial charge in [0.05, 0.1) is 24.2 Å². The van der Waals surface area contributed by atoms with Gasteiger partial charge in [0.15, 0.2) is 0 Å². The summed E-state index contributed by atoms with van der Waals surface area (Å²) in [5.74, 6) is 0.243. The summed E-state index contributed by atoms with van der Waals surface area (Å²) in [4.78, 5) is 14.8. The van der Waals surface area contributed by atoms with Crippen molar-refractivity contribution in [1.82, 2.24) is 10.2 Å². The van der Waals surface area contributed by atoms with Crippen molar-refractivity contribution in [2.75, 3.05) is 32.8 Å². The molecule has 0 saturated carbocycles. The maximum atomic E-state index is 12.9. The number of aliphatic hydroxyl groups is 1. The summed E-state index contributed by atoms with van der Waals surface area (Å²) in [6.45, 7) is 6.94. The van der Waals surface area contributed by atoms with Gasteiger partial charge in [-0.2, -0.15) is 0 Å². The Bertz CT molecular complexity index is 316. The van der Waals surface area contributed by atoms with E-state index >= 15 is 0 Å². The van der Waals surface area contributed by atoms with Crippen LogP contribution < -0.4 is 5.32 Å². The maximum Gasteiger partial charge on any atom is 0.230 e. The molecule has 19 heavy (non-hydrogen) atoms. The quantitative estimate of drug-likeness (QED) is 0.775. The maximum absolute atomic E-state index is 12.9. The number of rotatable bonds is 4. The first-order valence-electron chi connectivity index (χ1n) is 7.37. The van der Waals surface area contributed by atoms with Crippen LogP contribution in [0.15, 0.2) is 0 Å². The molecule has 0 aromatic rings. The first-order valence-corrected chi connectivity index (χ1v) is 7.37. The van der Waals surface area contributed by atoms with E-state index in [1.54, 1.807) is 0 Å². The molecule has 2 N–H and O–H groups in total. The third-order valence-corrected chi connectivity index (χ3v) is 4.24. The molecule has 0 radical (unpaired) electrons. The monoisotopic (exact) mass is 270 g/mol. The van der Waals surface area contributed by atoms with Crippen LogP contribution in [0.4, 0.5) is 0 Å². The van der Waals surface area contributed by atoms with Gasteiger partial charge in [0, 0.05) is 19.6 Å². The fraction of sp³-hybridized carbons (Fsp3) is 0.929. The molecule has 0 spiro atoms. The van der Waals surface area contributed by atoms with Gasteiger partial charge >= 0.3 is 0 Å². The fourth-order valence-corrected chi connectivity index (χ4v) is 3.37. The first-order chi connectivity index (χ1) is 9.11. The lowest BCUT2D eigenvalue weighted by atomic mass is 9.80. The van der Waals surface area contributed by atoms with E-state index in [1.165, 1.54) is 0 Å². The number of carbonyl (C=O) groups is 1. The Hall–Kier alpha value is -0.650. The molecule has 0 aliphatic carbocycles. The largest absolute Gasteiger partial charge is 0.394 e. The van der Waals surface area contributed by atoms with Crippen molar-refractivity contribution in [2.45, 2.75) is 45.3 Å². The third kappa shape index (κ3) is 3.09. The molecule has 3 atom stereocenters. The second-order valence-corrected chi connectivity index (χ2v) is 5.92. The van der Waals surface area contributed by atoms with Crippen molar-refractivity contribution in [3.8, 4) is 0 Å². The van der Waals surface area contributed by atoms with Gasteiger partial charge in [-0.25, -0.2) is 0 Å². The molecule has 5 nitrogen and oxygen atoms in total. The van der Waals surface area contributed by atoms with Gasteiger partial charge in [-0.1, -0.05) is 13.3 Å². The average Bonchev–Trinajstić information content (AvgIpc) is 2.87. The van der Waals surface area contributed by atoms with E-state index in [2.05, 4.69) is 12.2 Å². The van der Waals surface area contributed by atoms with Gasteiger partial charge in [-0.15, -0.1) is 0 Å². The lowest BCUT2D eigenvalue weighted by Crippen LogP contribution is -2.55. The number of nitrogens with one attached hydrogen (secondary N) is 1. The van der Waals surface area contributed by atoms with E-state index < -0.39 is 0 Å². The summed E-state index contributed by atoms with van der Waals surface area (Å²) in [6.07, 6.45) is 2.66. The Morgan fingerprint density at radius 3 is 2.89 bits per heavy atom. The van der Waals surface area contributed by atoms with Gasteiger partial charge in [-0.3, -0.25) is 4.79 Å². The molecular weight excluding hydrogens is 244 g/mol. The second kappa shape index (κ2) is 6.20. The number of nitrogens with zero attached hydrogens (tertiary/aromatic N) is 1. The van der Waals surface area contributed by atoms with Crippen LogP contribution in [-0.4, -0.2) is 60.9 Å². The zero-order chi connectivity index (χ0) is 13.9. The van der Waals surface area contributed by atoms with Crippen LogP contribution in [0.5, 0.6) is 0 Å². The Labute approximate surface area is 115 Å². The highest BCUT2D eigenvalue weighted by Crippen LogP contribution is 2.34. The van der Waals surface area contributed by atoms with E-state index in [-0.39, 0.29) is 30.1 Å². The Kier molecular flexibility index (Phi) is 4.81. The minimum absolute atomic E-state index is 0.00267. The Morgan fingerprint density at radius 1 is 1.53 bits per heavy atom. The molecule has 5 heteroatoms. The number of amides is 1. The predicted molar refractivity (Wildman–Crippen MR) is 72.8 cm³/mol. The van der Waals surface area contributed by atoms with Crippen molar-refractivity contribution in [2.24, 2.45) is 5.41 Å². The first kappa shape index (κ1) is 14.8. The molecule has 2 saturated heterocycles. The molecule has 2 rings (SSSR count). The summed E-state index contributed by atoms with van der Waals surface area (Å²) in [5.41, 5.74) is -0.230. The summed E-state index contributed by atoms with van der Waals surface area (Å²) in [6, 6.07) is 0. The summed E-state index contributed by atoms with van der Waals surface area (Å²) in [5, 5.41) is 12.6. The van der Waals surface area contributed by atoms with Gasteiger partial charge in [0.1, 0.15) is 0 Å². The highest BCUT2D eigenvalue weighted by Gasteiger charge is 2.44. The number of hydrogen-bond acceptors (Lipinski definition) is 4. The fourth-order valence-electron chi connectivity index (χ4n) is 3.37. The summed E-state index contributed by atoms with van der Waals surface area (Å²) < 4.78 is 5.61. The standard InChI is InChI=1S/C14H26N2O3/c1-3-4-14(5-6-15-10-14)13(18)16-7-11(2)19-12(8-16)9-17/h11-12,15,17H,3-10H2,1-2H3. The molecule has 0 bridgehead atoms. The van der Waals surface area contributed by atoms with Crippen molar-refractivity contribution in [3.63, 3.8) is 0 Å². The molecule has 2 heterocycles. The molecule has 1 amide bonds. The van der Waals surface area contributed by atoms with Gasteiger partial charge < -0.3 is 20.1 Å². The zero-order valence-electron chi connectivity index (χ0n) is 12.0. The van der Waals surface area contributed by atoms with Gasteiger partial charge in [-0.05, 0) is 26.3 Å². The number of ether oxygens (including phenoxy) is 1. The van der Waals surface area contributed by atoms with E-state index in [9.17, 15) is 9.90 Å². The van der Waals surface area contributed by atoms with Crippen molar-refractivity contribution in [3.05, 3.63) is 0 Å².